The van der Waals surface area contributed by atoms with E-state index < -0.39 is 15.7 Å². The van der Waals surface area contributed by atoms with E-state index in [1.807, 2.05) is 13.0 Å². The molecule has 0 bridgehead atoms. The molecule has 1 heterocycles. The van der Waals surface area contributed by atoms with Crippen molar-refractivity contribution in [3.8, 4) is 5.75 Å². The lowest BCUT2D eigenvalue weighted by Crippen LogP contribution is -2.31. The van der Waals surface area contributed by atoms with Gasteiger partial charge in [0.25, 0.3) is 0 Å². The van der Waals surface area contributed by atoms with Gasteiger partial charge < -0.3 is 15.0 Å². The van der Waals surface area contributed by atoms with Crippen LogP contribution in [0.3, 0.4) is 0 Å². The second-order valence-electron chi connectivity index (χ2n) is 8.00. The number of hydrogen-bond acceptors (Lipinski definition) is 5. The van der Waals surface area contributed by atoms with Gasteiger partial charge in [0.2, 0.25) is 11.8 Å². The summed E-state index contributed by atoms with van der Waals surface area (Å²) in [5.41, 5.74) is 1.89. The Balaban J connectivity index is 1.48. The molecule has 0 radical (unpaired) electrons. The first-order valence-electron chi connectivity index (χ1n) is 10.7. The van der Waals surface area contributed by atoms with E-state index in [0.29, 0.717) is 41.2 Å². The third kappa shape index (κ3) is 4.99. The lowest BCUT2D eigenvalue weighted by molar-refractivity contribution is -0.119. The molecule has 0 unspecified atom stereocenters. The van der Waals surface area contributed by atoms with E-state index in [-0.39, 0.29) is 28.9 Å². The van der Waals surface area contributed by atoms with Crippen molar-refractivity contribution in [1.82, 2.24) is 0 Å². The molecule has 7 nitrogen and oxygen atoms in total. The number of sulfone groups is 1. The van der Waals surface area contributed by atoms with Crippen LogP contribution in [0.4, 0.5) is 11.4 Å². The van der Waals surface area contributed by atoms with Gasteiger partial charge in [-0.15, -0.1) is 0 Å². The molecule has 1 fully saturated rings. The normalized spacial score (nSPS) is 15.4. The molecule has 4 rings (SSSR count). The molecule has 9 heteroatoms. The van der Waals surface area contributed by atoms with Gasteiger partial charge in [0.15, 0.2) is 9.84 Å². The molecular formula is C23H25BrN2O5S. The van der Waals surface area contributed by atoms with Crippen LogP contribution < -0.4 is 15.0 Å². The Kier molecular flexibility index (Phi) is 6.57. The maximum Gasteiger partial charge on any atom is 0.230 e. The number of carbonyl (C=O) groups excluding carboxylic acids is 2. The molecule has 0 atom stereocenters. The van der Waals surface area contributed by atoms with Gasteiger partial charge in [-0.2, -0.15) is 0 Å². The molecule has 2 aliphatic rings. The third-order valence-electron chi connectivity index (χ3n) is 5.57. The van der Waals surface area contributed by atoms with E-state index in [1.54, 1.807) is 29.2 Å². The minimum Gasteiger partial charge on any atom is -0.494 e. The second-order valence-corrected chi connectivity index (χ2v) is 11.0. The summed E-state index contributed by atoms with van der Waals surface area (Å²) in [5.74, 6) is -0.0440. The first-order chi connectivity index (χ1) is 15.3. The molecule has 1 N–H and O–H groups in total. The molecule has 0 aromatic heterocycles. The van der Waals surface area contributed by atoms with E-state index >= 15 is 0 Å². The number of nitrogens with one attached hydrogen (secondary N) is 1. The van der Waals surface area contributed by atoms with Crippen molar-refractivity contribution in [2.24, 2.45) is 5.92 Å². The van der Waals surface area contributed by atoms with Crippen molar-refractivity contribution in [2.45, 2.75) is 37.5 Å². The number of benzene rings is 2. The number of amides is 2. The molecule has 170 valence electrons. The average molecular weight is 521 g/mol. The largest absolute Gasteiger partial charge is 0.494 e. The summed E-state index contributed by atoms with van der Waals surface area (Å²) >= 11 is 3.39. The van der Waals surface area contributed by atoms with Gasteiger partial charge in [-0.1, -0.05) is 15.9 Å². The van der Waals surface area contributed by atoms with Crippen LogP contribution in [0.15, 0.2) is 45.8 Å². The highest BCUT2D eigenvalue weighted by atomic mass is 79.9. The van der Waals surface area contributed by atoms with Crippen molar-refractivity contribution in [2.75, 3.05) is 29.1 Å². The topological polar surface area (TPSA) is 92.8 Å². The van der Waals surface area contributed by atoms with Gasteiger partial charge in [-0.25, -0.2) is 8.42 Å². The molecule has 1 aliphatic heterocycles. The summed E-state index contributed by atoms with van der Waals surface area (Å²) in [7, 11) is -3.79. The van der Waals surface area contributed by atoms with Gasteiger partial charge in [0.1, 0.15) is 5.75 Å². The van der Waals surface area contributed by atoms with Crippen molar-refractivity contribution < 1.29 is 22.7 Å². The minimum absolute atomic E-state index is 0.0000401. The smallest absolute Gasteiger partial charge is 0.230 e. The quantitative estimate of drug-likeness (QED) is 0.568. The highest BCUT2D eigenvalue weighted by Gasteiger charge is 2.39. The summed E-state index contributed by atoms with van der Waals surface area (Å²) in [6.45, 7) is 2.92. The zero-order valence-corrected chi connectivity index (χ0v) is 20.2. The maximum absolute atomic E-state index is 13.2. The highest BCUT2D eigenvalue weighted by molar-refractivity contribution is 9.10. The van der Waals surface area contributed by atoms with Gasteiger partial charge in [0.05, 0.1) is 22.9 Å². The Labute approximate surface area is 196 Å². The van der Waals surface area contributed by atoms with Crippen molar-refractivity contribution >= 4 is 49.0 Å². The first kappa shape index (κ1) is 22.8. The van der Waals surface area contributed by atoms with Crippen LogP contribution in [0, 0.1) is 5.92 Å². The number of rotatable bonds is 8. The Morgan fingerprint density at radius 3 is 2.56 bits per heavy atom. The van der Waals surface area contributed by atoms with E-state index in [0.717, 1.165) is 18.4 Å². The van der Waals surface area contributed by atoms with E-state index in [2.05, 4.69) is 21.2 Å². The Morgan fingerprint density at radius 2 is 1.91 bits per heavy atom. The molecule has 0 saturated heterocycles. The number of nitrogens with zero attached hydrogens (tertiary/aromatic N) is 1. The lowest BCUT2D eigenvalue weighted by atomic mass is 10.2. The van der Waals surface area contributed by atoms with Gasteiger partial charge in [-0.3, -0.25) is 9.59 Å². The predicted octanol–water partition coefficient (Wildman–Crippen LogP) is 3.95. The van der Waals surface area contributed by atoms with E-state index in [9.17, 15) is 18.0 Å². The Hall–Kier alpha value is -2.39. The zero-order chi connectivity index (χ0) is 22.9. The molecule has 0 spiro atoms. The Bertz CT molecular complexity index is 1140. The Morgan fingerprint density at radius 1 is 1.19 bits per heavy atom. The fraction of sp³-hybridized carbons (Fsp3) is 0.391. The van der Waals surface area contributed by atoms with Gasteiger partial charge >= 0.3 is 0 Å². The van der Waals surface area contributed by atoms with Crippen molar-refractivity contribution in [1.29, 1.82) is 0 Å². The molecule has 2 amide bonds. The monoisotopic (exact) mass is 520 g/mol. The predicted molar refractivity (Wildman–Crippen MR) is 126 cm³/mol. The van der Waals surface area contributed by atoms with Crippen molar-refractivity contribution in [3.05, 3.63) is 46.4 Å². The summed E-state index contributed by atoms with van der Waals surface area (Å²) in [5, 5.41) is 2.72. The van der Waals surface area contributed by atoms with Crippen LogP contribution in [0.2, 0.25) is 0 Å². The number of fused-ring (bicyclic) bond motifs is 1. The van der Waals surface area contributed by atoms with E-state index in [4.69, 9.17) is 4.74 Å². The molecule has 1 aliphatic carbocycles. The number of hydrogen-bond donors (Lipinski definition) is 1. The highest BCUT2D eigenvalue weighted by Crippen LogP contribution is 2.41. The third-order valence-corrected chi connectivity index (χ3v) is 7.75. The van der Waals surface area contributed by atoms with Crippen LogP contribution >= 0.6 is 15.9 Å². The fourth-order valence-electron chi connectivity index (χ4n) is 3.84. The molecule has 2 aromatic rings. The van der Waals surface area contributed by atoms with Gasteiger partial charge in [-0.05, 0) is 68.1 Å². The molecule has 32 heavy (non-hydrogen) atoms. The average Bonchev–Trinajstić information content (AvgIpc) is 3.53. The number of ether oxygens (including phenoxy) is 1. The van der Waals surface area contributed by atoms with Crippen LogP contribution in [-0.4, -0.2) is 39.1 Å². The maximum atomic E-state index is 13.2. The summed E-state index contributed by atoms with van der Waals surface area (Å²) in [6, 6.07) is 10.3. The first-order valence-corrected chi connectivity index (χ1v) is 13.1. The number of halogens is 1. The lowest BCUT2D eigenvalue weighted by Gasteiger charge is -2.20. The van der Waals surface area contributed by atoms with Crippen LogP contribution in [0.25, 0.3) is 0 Å². The zero-order valence-electron chi connectivity index (χ0n) is 17.8. The van der Waals surface area contributed by atoms with Crippen LogP contribution in [0.1, 0.15) is 31.7 Å². The SMILES string of the molecule is CCOc1ccc(NC(=O)CCS(=O)(=O)c2cc(Br)cc3c2N(C(=O)C2CC2)CC3)cc1. The summed E-state index contributed by atoms with van der Waals surface area (Å²) in [6.07, 6.45) is 2.14. The number of anilines is 2. The molecule has 1 saturated carbocycles. The molecular weight excluding hydrogens is 496 g/mol. The fourth-order valence-corrected chi connectivity index (χ4v) is 6.01. The second kappa shape index (κ2) is 9.23. The molecule has 2 aromatic carbocycles. The van der Waals surface area contributed by atoms with Crippen LogP contribution in [-0.2, 0) is 25.8 Å². The van der Waals surface area contributed by atoms with Crippen LogP contribution in [0.5, 0.6) is 5.75 Å². The minimum atomic E-state index is -3.79. The van der Waals surface area contributed by atoms with Gasteiger partial charge in [0, 0.05) is 29.0 Å². The summed E-state index contributed by atoms with van der Waals surface area (Å²) in [4.78, 5) is 26.8. The summed E-state index contributed by atoms with van der Waals surface area (Å²) < 4.78 is 32.5. The standard InChI is InChI=1S/C23H25BrN2O5S/c1-2-31-19-7-5-18(6-8-19)25-21(27)10-12-32(29,30)20-14-17(24)13-16-9-11-26(22(16)20)23(28)15-3-4-15/h5-8,13-15H,2-4,9-12H2,1H3,(H,25,27). The van der Waals surface area contributed by atoms with E-state index in [1.165, 1.54) is 6.07 Å². The number of carbonyl (C=O) groups is 2. The van der Waals surface area contributed by atoms with Crippen molar-refractivity contribution in [3.63, 3.8) is 0 Å².